The summed E-state index contributed by atoms with van der Waals surface area (Å²) in [4.78, 5) is 2.33. The number of rotatable bonds is 1. The monoisotopic (exact) mass is 232 g/mol. The summed E-state index contributed by atoms with van der Waals surface area (Å²) < 4.78 is 0. The van der Waals surface area contributed by atoms with E-state index in [-0.39, 0.29) is 5.41 Å². The van der Waals surface area contributed by atoms with E-state index in [0.717, 1.165) is 6.54 Å². The Labute approximate surface area is 105 Å². The molecule has 2 rings (SSSR count). The zero-order chi connectivity index (χ0) is 12.6. The molecule has 1 aliphatic heterocycles. The van der Waals surface area contributed by atoms with Crippen LogP contribution in [0.3, 0.4) is 0 Å². The van der Waals surface area contributed by atoms with Gasteiger partial charge >= 0.3 is 0 Å². The number of benzene rings is 1. The van der Waals surface area contributed by atoms with E-state index in [1.54, 1.807) is 0 Å². The fraction of sp³-hybridized carbons (Fsp3) is 0.600. The predicted molar refractivity (Wildman–Crippen MR) is 74.7 cm³/mol. The molecule has 17 heavy (non-hydrogen) atoms. The van der Waals surface area contributed by atoms with Crippen LogP contribution in [-0.4, -0.2) is 25.5 Å². The molecule has 2 heteroatoms. The fourth-order valence-electron chi connectivity index (χ4n) is 2.50. The summed E-state index contributed by atoms with van der Waals surface area (Å²) >= 11 is 0. The van der Waals surface area contributed by atoms with E-state index in [1.807, 2.05) is 0 Å². The van der Waals surface area contributed by atoms with Gasteiger partial charge in [0.15, 0.2) is 0 Å². The molecule has 0 amide bonds. The van der Waals surface area contributed by atoms with E-state index >= 15 is 0 Å². The maximum atomic E-state index is 3.50. The van der Waals surface area contributed by atoms with Crippen molar-refractivity contribution in [3.8, 4) is 0 Å². The largest absolute Gasteiger partial charge is 0.385 e. The van der Waals surface area contributed by atoms with E-state index in [0.29, 0.717) is 6.04 Å². The first-order valence-corrected chi connectivity index (χ1v) is 6.44. The van der Waals surface area contributed by atoms with Gasteiger partial charge in [0.05, 0.1) is 0 Å². The first-order valence-electron chi connectivity index (χ1n) is 6.44. The minimum Gasteiger partial charge on any atom is -0.385 e. The summed E-state index contributed by atoms with van der Waals surface area (Å²) in [5.41, 5.74) is 4.41. The highest BCUT2D eigenvalue weighted by Gasteiger charge is 2.24. The van der Waals surface area contributed by atoms with E-state index in [4.69, 9.17) is 0 Å². The Hall–Kier alpha value is -1.02. The van der Waals surface area contributed by atoms with Crippen molar-refractivity contribution in [3.05, 3.63) is 29.3 Å². The first kappa shape index (κ1) is 12.4. The van der Waals surface area contributed by atoms with Crippen LogP contribution in [0.4, 0.5) is 5.69 Å². The third kappa shape index (κ3) is 2.47. The van der Waals surface area contributed by atoms with Crippen LogP contribution in [0.5, 0.6) is 0 Å². The van der Waals surface area contributed by atoms with Gasteiger partial charge < -0.3 is 10.2 Å². The zero-order valence-electron chi connectivity index (χ0n) is 11.7. The van der Waals surface area contributed by atoms with E-state index < -0.39 is 0 Å². The quantitative estimate of drug-likeness (QED) is 0.798. The van der Waals surface area contributed by atoms with Gasteiger partial charge in [0, 0.05) is 18.3 Å². The molecule has 1 aromatic rings. The van der Waals surface area contributed by atoms with E-state index in [2.05, 4.69) is 63.3 Å². The molecule has 94 valence electrons. The SMILES string of the molecule is CN(C)C1CCNc2ccc(C(C)(C)C)cc21. The Morgan fingerprint density at radius 1 is 1.24 bits per heavy atom. The van der Waals surface area contributed by atoms with Gasteiger partial charge in [0.1, 0.15) is 0 Å². The van der Waals surface area contributed by atoms with Crippen molar-refractivity contribution < 1.29 is 0 Å². The summed E-state index contributed by atoms with van der Waals surface area (Å²) in [6.45, 7) is 7.89. The molecule has 0 aromatic heterocycles. The third-order valence-electron chi connectivity index (χ3n) is 3.63. The number of hydrogen-bond donors (Lipinski definition) is 1. The van der Waals surface area contributed by atoms with Crippen molar-refractivity contribution in [1.82, 2.24) is 4.90 Å². The maximum Gasteiger partial charge on any atom is 0.0388 e. The van der Waals surface area contributed by atoms with Crippen LogP contribution < -0.4 is 5.32 Å². The smallest absolute Gasteiger partial charge is 0.0388 e. The second-order valence-electron chi connectivity index (χ2n) is 6.25. The van der Waals surface area contributed by atoms with Gasteiger partial charge in [-0.15, -0.1) is 0 Å². The summed E-state index contributed by atoms with van der Waals surface area (Å²) in [6, 6.07) is 7.43. The molecule has 0 saturated heterocycles. The number of hydrogen-bond acceptors (Lipinski definition) is 2. The molecule has 0 spiro atoms. The van der Waals surface area contributed by atoms with Crippen LogP contribution in [-0.2, 0) is 5.41 Å². The summed E-state index contributed by atoms with van der Waals surface area (Å²) in [6.07, 6.45) is 1.19. The van der Waals surface area contributed by atoms with Gasteiger partial charge in [-0.1, -0.05) is 32.9 Å². The fourth-order valence-corrected chi connectivity index (χ4v) is 2.50. The van der Waals surface area contributed by atoms with Crippen molar-refractivity contribution in [1.29, 1.82) is 0 Å². The maximum absolute atomic E-state index is 3.50. The molecule has 0 radical (unpaired) electrons. The molecule has 2 nitrogen and oxygen atoms in total. The standard InChI is InChI=1S/C15H24N2/c1-15(2,3)11-6-7-13-12(10-11)14(17(4)5)8-9-16-13/h6-7,10,14,16H,8-9H2,1-5H3. The molecule has 1 heterocycles. The number of fused-ring (bicyclic) bond motifs is 1. The second-order valence-corrected chi connectivity index (χ2v) is 6.25. The highest BCUT2D eigenvalue weighted by atomic mass is 15.1. The minimum absolute atomic E-state index is 0.226. The zero-order valence-corrected chi connectivity index (χ0v) is 11.7. The Morgan fingerprint density at radius 2 is 1.94 bits per heavy atom. The van der Waals surface area contributed by atoms with Crippen LogP contribution in [0.1, 0.15) is 44.4 Å². The van der Waals surface area contributed by atoms with Crippen molar-refractivity contribution in [2.75, 3.05) is 26.0 Å². The molecular formula is C15H24N2. The van der Waals surface area contributed by atoms with Gasteiger partial charge in [0.25, 0.3) is 0 Å². The van der Waals surface area contributed by atoms with Crippen molar-refractivity contribution >= 4 is 5.69 Å². The van der Waals surface area contributed by atoms with Gasteiger partial charge in [-0.2, -0.15) is 0 Å². The van der Waals surface area contributed by atoms with Crippen LogP contribution in [0.25, 0.3) is 0 Å². The molecule has 1 atom stereocenters. The first-order chi connectivity index (χ1) is 7.89. The average Bonchev–Trinajstić information content (AvgIpc) is 2.26. The Morgan fingerprint density at radius 3 is 2.53 bits per heavy atom. The number of nitrogens with zero attached hydrogens (tertiary/aromatic N) is 1. The Bertz CT molecular complexity index is 402. The summed E-state index contributed by atoms with van der Waals surface area (Å²) in [5, 5.41) is 3.50. The molecule has 1 aromatic carbocycles. The van der Waals surface area contributed by atoms with E-state index in [9.17, 15) is 0 Å². The van der Waals surface area contributed by atoms with Crippen molar-refractivity contribution in [2.24, 2.45) is 0 Å². The van der Waals surface area contributed by atoms with Crippen LogP contribution in [0, 0.1) is 0 Å². The molecule has 1 aliphatic rings. The molecule has 0 fully saturated rings. The summed E-state index contributed by atoms with van der Waals surface area (Å²) in [7, 11) is 4.34. The second kappa shape index (κ2) is 4.34. The lowest BCUT2D eigenvalue weighted by Crippen LogP contribution is -2.28. The van der Waals surface area contributed by atoms with Crippen molar-refractivity contribution in [2.45, 2.75) is 38.6 Å². The minimum atomic E-state index is 0.226. The van der Waals surface area contributed by atoms with Crippen LogP contribution >= 0.6 is 0 Å². The molecule has 1 N–H and O–H groups in total. The molecular weight excluding hydrogens is 208 g/mol. The predicted octanol–water partition coefficient (Wildman–Crippen LogP) is 3.40. The lowest BCUT2D eigenvalue weighted by atomic mass is 9.84. The lowest BCUT2D eigenvalue weighted by Gasteiger charge is -2.33. The third-order valence-corrected chi connectivity index (χ3v) is 3.63. The molecule has 0 bridgehead atoms. The van der Waals surface area contributed by atoms with Gasteiger partial charge in [0.2, 0.25) is 0 Å². The normalized spacial score (nSPS) is 20.0. The highest BCUT2D eigenvalue weighted by Crippen LogP contribution is 2.36. The topological polar surface area (TPSA) is 15.3 Å². The van der Waals surface area contributed by atoms with Gasteiger partial charge in [-0.05, 0) is 43.1 Å². The Kier molecular flexibility index (Phi) is 3.17. The summed E-state index contributed by atoms with van der Waals surface area (Å²) in [5.74, 6) is 0. The van der Waals surface area contributed by atoms with E-state index in [1.165, 1.54) is 23.2 Å². The van der Waals surface area contributed by atoms with Gasteiger partial charge in [-0.3, -0.25) is 0 Å². The molecule has 1 unspecified atom stereocenters. The van der Waals surface area contributed by atoms with Crippen LogP contribution in [0.15, 0.2) is 18.2 Å². The highest BCUT2D eigenvalue weighted by molar-refractivity contribution is 5.56. The number of nitrogens with one attached hydrogen (secondary N) is 1. The molecule has 0 aliphatic carbocycles. The number of anilines is 1. The van der Waals surface area contributed by atoms with Crippen LogP contribution in [0.2, 0.25) is 0 Å². The lowest BCUT2D eigenvalue weighted by molar-refractivity contribution is 0.284. The van der Waals surface area contributed by atoms with Crippen molar-refractivity contribution in [3.63, 3.8) is 0 Å². The Balaban J connectivity index is 2.44. The average molecular weight is 232 g/mol. The molecule has 0 saturated carbocycles. The van der Waals surface area contributed by atoms with Gasteiger partial charge in [-0.25, -0.2) is 0 Å².